The van der Waals surface area contributed by atoms with Gasteiger partial charge in [0, 0.05) is 44.5 Å². The summed E-state index contributed by atoms with van der Waals surface area (Å²) in [4.78, 5) is 19.2. The van der Waals surface area contributed by atoms with Crippen LogP contribution in [0.4, 0.5) is 0 Å². The molecule has 0 N–H and O–H groups in total. The lowest BCUT2D eigenvalue weighted by atomic mass is 10.1. The van der Waals surface area contributed by atoms with Crippen LogP contribution in [0.5, 0.6) is 0 Å². The third-order valence-corrected chi connectivity index (χ3v) is 4.47. The van der Waals surface area contributed by atoms with Gasteiger partial charge in [-0.25, -0.2) is 9.67 Å². The van der Waals surface area contributed by atoms with Crippen molar-refractivity contribution in [1.29, 1.82) is 0 Å². The van der Waals surface area contributed by atoms with E-state index in [0.29, 0.717) is 0 Å². The number of hydrogen-bond donors (Lipinski definition) is 0. The zero-order chi connectivity index (χ0) is 16.7. The first-order valence-electron chi connectivity index (χ1n) is 8.37. The fourth-order valence-corrected chi connectivity index (χ4v) is 3.27. The van der Waals surface area contributed by atoms with Crippen molar-refractivity contribution >= 4 is 5.65 Å². The number of aromatic nitrogens is 4. The van der Waals surface area contributed by atoms with Crippen LogP contribution in [0.15, 0.2) is 41.5 Å². The first kappa shape index (κ1) is 15.1. The lowest BCUT2D eigenvalue weighted by Crippen LogP contribution is -2.35. The average molecular weight is 323 g/mol. The quantitative estimate of drug-likeness (QED) is 0.740. The van der Waals surface area contributed by atoms with Crippen molar-refractivity contribution in [1.82, 2.24) is 24.1 Å². The highest BCUT2D eigenvalue weighted by Crippen LogP contribution is 2.18. The summed E-state index contributed by atoms with van der Waals surface area (Å²) in [5.74, 6) is 0. The highest BCUT2D eigenvalue weighted by molar-refractivity contribution is 5.39. The number of imidazole rings is 1. The highest BCUT2D eigenvalue weighted by Gasteiger charge is 2.20. The molecule has 4 heterocycles. The normalized spacial score (nSPS) is 15.1. The number of pyridine rings is 1. The molecule has 1 aliphatic rings. The van der Waals surface area contributed by atoms with E-state index in [0.717, 1.165) is 48.7 Å². The van der Waals surface area contributed by atoms with Gasteiger partial charge >= 0.3 is 0 Å². The van der Waals surface area contributed by atoms with Crippen molar-refractivity contribution in [2.75, 3.05) is 6.54 Å². The Morgan fingerprint density at radius 2 is 2.17 bits per heavy atom. The largest absolute Gasteiger partial charge is 0.307 e. The molecule has 0 atom stereocenters. The third-order valence-electron chi connectivity index (χ3n) is 4.47. The second-order valence-electron chi connectivity index (χ2n) is 6.65. The maximum absolute atomic E-state index is 12.2. The summed E-state index contributed by atoms with van der Waals surface area (Å²) in [6, 6.07) is 7.85. The minimum absolute atomic E-state index is 0.0154. The molecule has 0 unspecified atom stereocenters. The Morgan fingerprint density at radius 1 is 1.29 bits per heavy atom. The van der Waals surface area contributed by atoms with Gasteiger partial charge in [0.2, 0.25) is 0 Å². The van der Waals surface area contributed by atoms with Crippen molar-refractivity contribution in [3.05, 3.63) is 64.0 Å². The van der Waals surface area contributed by atoms with Crippen LogP contribution in [0.25, 0.3) is 5.65 Å². The summed E-state index contributed by atoms with van der Waals surface area (Å²) in [7, 11) is 0. The Kier molecular flexibility index (Phi) is 3.69. The molecule has 6 heteroatoms. The van der Waals surface area contributed by atoms with E-state index >= 15 is 0 Å². The van der Waals surface area contributed by atoms with Crippen LogP contribution in [0, 0.1) is 0 Å². The number of hydrogen-bond acceptors (Lipinski definition) is 4. The van der Waals surface area contributed by atoms with Crippen molar-refractivity contribution in [2.45, 2.75) is 39.4 Å². The molecule has 0 aliphatic carbocycles. The molecule has 24 heavy (non-hydrogen) atoms. The van der Waals surface area contributed by atoms with Crippen LogP contribution in [0.3, 0.4) is 0 Å². The van der Waals surface area contributed by atoms with Crippen molar-refractivity contribution < 1.29 is 0 Å². The number of nitrogens with zero attached hydrogens (tertiary/aromatic N) is 5. The van der Waals surface area contributed by atoms with E-state index in [4.69, 9.17) is 0 Å². The fourth-order valence-electron chi connectivity index (χ4n) is 3.27. The Bertz CT molecular complexity index is 907. The zero-order valence-electron chi connectivity index (χ0n) is 14.0. The van der Waals surface area contributed by atoms with E-state index in [1.54, 1.807) is 10.7 Å². The maximum Gasteiger partial charge on any atom is 0.267 e. The summed E-state index contributed by atoms with van der Waals surface area (Å²) < 4.78 is 3.62. The summed E-state index contributed by atoms with van der Waals surface area (Å²) in [5, 5.41) is 4.55. The molecule has 0 radical (unpaired) electrons. The molecule has 0 fully saturated rings. The number of rotatable bonds is 3. The average Bonchev–Trinajstić information content (AvgIpc) is 2.96. The summed E-state index contributed by atoms with van der Waals surface area (Å²) in [6.07, 6.45) is 4.95. The minimum Gasteiger partial charge on any atom is -0.307 e. The predicted molar refractivity (Wildman–Crippen MR) is 91.9 cm³/mol. The molecule has 1 aliphatic heterocycles. The molecule has 0 aromatic carbocycles. The fraction of sp³-hybridized carbons (Fsp3) is 0.389. The summed E-state index contributed by atoms with van der Waals surface area (Å²) in [6.45, 7) is 6.45. The van der Waals surface area contributed by atoms with E-state index < -0.39 is 0 Å². The highest BCUT2D eigenvalue weighted by atomic mass is 16.1. The van der Waals surface area contributed by atoms with E-state index in [-0.39, 0.29) is 11.6 Å². The molecule has 6 nitrogen and oxygen atoms in total. The Balaban J connectivity index is 1.55. The standard InChI is InChI=1S/C18H21N5O/c1-13(2)23-18(24)9-14-10-21(8-6-16(14)20-23)11-15-12-22-7-4-3-5-17(22)19-15/h3-5,7,9,12-13H,6,8,10-11H2,1-2H3. The molecule has 3 aromatic rings. The Hall–Kier alpha value is -2.47. The Labute approximate surface area is 140 Å². The number of fused-ring (bicyclic) bond motifs is 2. The minimum atomic E-state index is -0.0154. The second-order valence-corrected chi connectivity index (χ2v) is 6.65. The molecule has 3 aromatic heterocycles. The van der Waals surface area contributed by atoms with Crippen molar-refractivity contribution in [2.24, 2.45) is 0 Å². The van der Waals surface area contributed by atoms with E-state index in [1.165, 1.54) is 0 Å². The molecule has 0 bridgehead atoms. The topological polar surface area (TPSA) is 55.4 Å². The summed E-state index contributed by atoms with van der Waals surface area (Å²) in [5.41, 5.74) is 4.10. The van der Waals surface area contributed by atoms with E-state index in [2.05, 4.69) is 21.2 Å². The third kappa shape index (κ3) is 2.73. The smallest absolute Gasteiger partial charge is 0.267 e. The van der Waals surface area contributed by atoms with E-state index in [9.17, 15) is 4.79 Å². The molecule has 4 rings (SSSR count). The van der Waals surface area contributed by atoms with Crippen LogP contribution < -0.4 is 5.56 Å². The van der Waals surface area contributed by atoms with Crippen LogP contribution in [0.2, 0.25) is 0 Å². The van der Waals surface area contributed by atoms with Gasteiger partial charge in [-0.05, 0) is 31.5 Å². The van der Waals surface area contributed by atoms with Gasteiger partial charge in [-0.3, -0.25) is 9.69 Å². The monoisotopic (exact) mass is 323 g/mol. The van der Waals surface area contributed by atoms with Crippen molar-refractivity contribution in [3.8, 4) is 0 Å². The first-order valence-corrected chi connectivity index (χ1v) is 8.37. The van der Waals surface area contributed by atoms with Crippen LogP contribution in [0.1, 0.15) is 36.8 Å². The molecule has 0 saturated carbocycles. The zero-order valence-corrected chi connectivity index (χ0v) is 14.0. The van der Waals surface area contributed by atoms with Gasteiger partial charge in [-0.2, -0.15) is 5.10 Å². The van der Waals surface area contributed by atoms with Gasteiger partial charge in [0.1, 0.15) is 5.65 Å². The van der Waals surface area contributed by atoms with Crippen LogP contribution >= 0.6 is 0 Å². The van der Waals surface area contributed by atoms with Gasteiger partial charge in [-0.1, -0.05) is 6.07 Å². The predicted octanol–water partition coefficient (Wildman–Crippen LogP) is 2.03. The first-order chi connectivity index (χ1) is 11.6. The molecule has 124 valence electrons. The molecular weight excluding hydrogens is 302 g/mol. The van der Waals surface area contributed by atoms with Gasteiger partial charge in [0.15, 0.2) is 0 Å². The van der Waals surface area contributed by atoms with E-state index in [1.807, 2.05) is 42.6 Å². The van der Waals surface area contributed by atoms with Crippen LogP contribution in [-0.4, -0.2) is 30.6 Å². The second kappa shape index (κ2) is 5.87. The van der Waals surface area contributed by atoms with Gasteiger partial charge < -0.3 is 4.40 Å². The SMILES string of the molecule is CC(C)n1nc2c(cc1=O)CN(Cc1cn3ccccc3n1)CC2. The molecule has 0 amide bonds. The van der Waals surface area contributed by atoms with Gasteiger partial charge in [0.25, 0.3) is 5.56 Å². The van der Waals surface area contributed by atoms with Crippen LogP contribution in [-0.2, 0) is 19.5 Å². The lowest BCUT2D eigenvalue weighted by Gasteiger charge is -2.27. The van der Waals surface area contributed by atoms with Gasteiger partial charge in [0.05, 0.1) is 17.4 Å². The lowest BCUT2D eigenvalue weighted by molar-refractivity contribution is 0.238. The molecular formula is C18H21N5O. The molecule has 0 spiro atoms. The maximum atomic E-state index is 12.2. The molecule has 0 saturated heterocycles. The summed E-state index contributed by atoms with van der Waals surface area (Å²) >= 11 is 0. The van der Waals surface area contributed by atoms with Crippen molar-refractivity contribution in [3.63, 3.8) is 0 Å². The Morgan fingerprint density at radius 3 is 2.96 bits per heavy atom. The van der Waals surface area contributed by atoms with Gasteiger partial charge in [-0.15, -0.1) is 0 Å².